The van der Waals surface area contributed by atoms with E-state index in [1.807, 2.05) is 0 Å². The third kappa shape index (κ3) is 3.75. The first kappa shape index (κ1) is 14.8. The molecule has 1 saturated carbocycles. The van der Waals surface area contributed by atoms with Crippen LogP contribution in [0.4, 0.5) is 0 Å². The monoisotopic (exact) mass is 284 g/mol. The summed E-state index contributed by atoms with van der Waals surface area (Å²) in [6.45, 7) is 0. The van der Waals surface area contributed by atoms with Gasteiger partial charge in [-0.1, -0.05) is 69.2 Å². The summed E-state index contributed by atoms with van der Waals surface area (Å²) in [6, 6.07) is 8.76. The van der Waals surface area contributed by atoms with Crippen molar-refractivity contribution in [3.8, 4) is 0 Å². The summed E-state index contributed by atoms with van der Waals surface area (Å²) in [5.74, 6) is 1.16. The fraction of sp³-hybridized carbons (Fsp3) is 0.650. The zero-order chi connectivity index (χ0) is 14.5. The Morgan fingerprint density at radius 1 is 0.667 bits per heavy atom. The van der Waals surface area contributed by atoms with Crippen molar-refractivity contribution >= 4 is 5.78 Å². The maximum absolute atomic E-state index is 12.9. The molecule has 0 amide bonds. The predicted octanol–water partition coefficient (Wildman–Crippen LogP) is 5.11. The van der Waals surface area contributed by atoms with E-state index in [1.54, 1.807) is 0 Å². The summed E-state index contributed by atoms with van der Waals surface area (Å²) < 4.78 is 0. The number of hydrogen-bond acceptors (Lipinski definition) is 1. The van der Waals surface area contributed by atoms with Gasteiger partial charge in [0.05, 0.1) is 0 Å². The molecule has 0 aromatic heterocycles. The van der Waals surface area contributed by atoms with Crippen LogP contribution >= 0.6 is 0 Å². The van der Waals surface area contributed by atoms with Crippen molar-refractivity contribution in [2.45, 2.75) is 70.6 Å². The smallest absolute Gasteiger partial charge is 0.139 e. The van der Waals surface area contributed by atoms with E-state index in [4.69, 9.17) is 0 Å². The van der Waals surface area contributed by atoms with E-state index in [2.05, 4.69) is 24.3 Å². The van der Waals surface area contributed by atoms with Gasteiger partial charge in [-0.3, -0.25) is 4.79 Å². The summed E-state index contributed by atoms with van der Waals surface area (Å²) in [4.78, 5) is 12.9. The van der Waals surface area contributed by atoms with Gasteiger partial charge in [0.1, 0.15) is 5.78 Å². The van der Waals surface area contributed by atoms with Crippen LogP contribution in [0.2, 0.25) is 0 Å². The molecule has 21 heavy (non-hydrogen) atoms. The van der Waals surface area contributed by atoms with Gasteiger partial charge < -0.3 is 0 Å². The zero-order valence-corrected chi connectivity index (χ0v) is 13.2. The van der Waals surface area contributed by atoms with Gasteiger partial charge in [-0.25, -0.2) is 0 Å². The molecule has 3 rings (SSSR count). The number of carbonyl (C=O) groups excluding carboxylic acids is 1. The lowest BCUT2D eigenvalue weighted by molar-refractivity contribution is -0.127. The summed E-state index contributed by atoms with van der Waals surface area (Å²) in [6.07, 6.45) is 13.4. The van der Waals surface area contributed by atoms with Crippen molar-refractivity contribution in [1.29, 1.82) is 0 Å². The van der Waals surface area contributed by atoms with Crippen LogP contribution in [0.25, 0.3) is 0 Å². The Labute approximate surface area is 129 Å². The lowest BCUT2D eigenvalue weighted by atomic mass is 9.83. The molecule has 2 aliphatic carbocycles. The fourth-order valence-corrected chi connectivity index (χ4v) is 4.18. The highest BCUT2D eigenvalue weighted by Crippen LogP contribution is 2.32. The maximum atomic E-state index is 12.9. The molecule has 0 unspecified atom stereocenters. The number of fused-ring (bicyclic) bond motifs is 3. The van der Waals surface area contributed by atoms with Crippen molar-refractivity contribution in [2.24, 2.45) is 11.8 Å². The SMILES string of the molecule is O=C1[C@H]2CCCCCCCCC[C@H]1Cc1ccccc1C2. The van der Waals surface area contributed by atoms with Crippen LogP contribution in [-0.2, 0) is 17.6 Å². The molecule has 1 fully saturated rings. The predicted molar refractivity (Wildman–Crippen MR) is 87.4 cm³/mol. The van der Waals surface area contributed by atoms with E-state index < -0.39 is 0 Å². The maximum Gasteiger partial charge on any atom is 0.139 e. The second-order valence-electron chi connectivity index (χ2n) is 7.03. The third-order valence-electron chi connectivity index (χ3n) is 5.46. The first-order valence-electron chi connectivity index (χ1n) is 8.95. The molecule has 1 heteroatoms. The minimum absolute atomic E-state index is 0.290. The van der Waals surface area contributed by atoms with Crippen LogP contribution in [-0.4, -0.2) is 5.78 Å². The zero-order valence-electron chi connectivity index (χ0n) is 13.2. The number of ketones is 1. The average molecular weight is 284 g/mol. The van der Waals surface area contributed by atoms with E-state index in [1.165, 1.54) is 56.1 Å². The number of carbonyl (C=O) groups is 1. The quantitative estimate of drug-likeness (QED) is 0.647. The first-order valence-corrected chi connectivity index (χ1v) is 8.95. The summed E-state index contributed by atoms with van der Waals surface area (Å²) >= 11 is 0. The standard InChI is InChI=1S/C20H28O/c21-20-18-12-6-4-2-1-3-5-7-13-19(20)15-17-11-9-8-10-16(17)14-18/h8-11,18-19H,1-7,12-15H2/t18-,19-/m0/s1. The molecule has 1 nitrogen and oxygen atoms in total. The van der Waals surface area contributed by atoms with Crippen LogP contribution in [0.3, 0.4) is 0 Å². The molecule has 0 spiro atoms. The van der Waals surface area contributed by atoms with Gasteiger partial charge in [0.15, 0.2) is 0 Å². The molecular weight excluding hydrogens is 256 g/mol. The lowest BCUT2D eigenvalue weighted by Crippen LogP contribution is -2.24. The molecule has 1 aromatic carbocycles. The molecular formula is C20H28O. The average Bonchev–Trinajstić information content (AvgIpc) is 2.63. The van der Waals surface area contributed by atoms with Crippen LogP contribution < -0.4 is 0 Å². The molecule has 0 heterocycles. The summed E-state index contributed by atoms with van der Waals surface area (Å²) in [7, 11) is 0. The molecule has 0 radical (unpaired) electrons. The first-order chi connectivity index (χ1) is 10.3. The van der Waals surface area contributed by atoms with Crippen LogP contribution in [0.15, 0.2) is 24.3 Å². The van der Waals surface area contributed by atoms with Crippen LogP contribution in [0, 0.1) is 11.8 Å². The number of hydrogen-bond donors (Lipinski definition) is 0. The minimum atomic E-state index is 0.290. The second kappa shape index (κ2) is 7.24. The minimum Gasteiger partial charge on any atom is -0.299 e. The van der Waals surface area contributed by atoms with Gasteiger partial charge in [0.2, 0.25) is 0 Å². The van der Waals surface area contributed by atoms with Gasteiger partial charge in [0.25, 0.3) is 0 Å². The Morgan fingerprint density at radius 3 is 1.57 bits per heavy atom. The normalized spacial score (nSPS) is 27.9. The van der Waals surface area contributed by atoms with Crippen molar-refractivity contribution in [2.75, 3.05) is 0 Å². The molecule has 0 aliphatic heterocycles. The summed E-state index contributed by atoms with van der Waals surface area (Å²) in [5.41, 5.74) is 2.88. The Kier molecular flexibility index (Phi) is 5.11. The number of benzene rings is 1. The third-order valence-corrected chi connectivity index (χ3v) is 5.46. The molecule has 1 aromatic rings. The van der Waals surface area contributed by atoms with Crippen LogP contribution in [0.5, 0.6) is 0 Å². The van der Waals surface area contributed by atoms with E-state index in [9.17, 15) is 4.79 Å². The van der Waals surface area contributed by atoms with Crippen LogP contribution in [0.1, 0.15) is 68.9 Å². The molecule has 2 bridgehead atoms. The summed E-state index contributed by atoms with van der Waals surface area (Å²) in [5, 5.41) is 0. The number of Topliss-reactive ketones (excluding diaryl/α,β-unsaturated/α-hetero) is 1. The largest absolute Gasteiger partial charge is 0.299 e. The van der Waals surface area contributed by atoms with Gasteiger partial charge in [0, 0.05) is 11.8 Å². The fourth-order valence-electron chi connectivity index (χ4n) is 4.18. The molecule has 0 N–H and O–H groups in total. The number of rotatable bonds is 0. The molecule has 2 aliphatic rings. The Morgan fingerprint density at radius 2 is 1.10 bits per heavy atom. The highest BCUT2D eigenvalue weighted by atomic mass is 16.1. The van der Waals surface area contributed by atoms with Crippen molar-refractivity contribution in [3.05, 3.63) is 35.4 Å². The van der Waals surface area contributed by atoms with Gasteiger partial charge in [-0.05, 0) is 36.8 Å². The van der Waals surface area contributed by atoms with E-state index in [0.717, 1.165) is 25.7 Å². The van der Waals surface area contributed by atoms with E-state index in [-0.39, 0.29) is 11.8 Å². The topological polar surface area (TPSA) is 17.1 Å². The van der Waals surface area contributed by atoms with Gasteiger partial charge >= 0.3 is 0 Å². The van der Waals surface area contributed by atoms with Crippen molar-refractivity contribution in [1.82, 2.24) is 0 Å². The second-order valence-corrected chi connectivity index (χ2v) is 7.03. The highest BCUT2D eigenvalue weighted by Gasteiger charge is 2.30. The Bertz CT molecular complexity index is 435. The van der Waals surface area contributed by atoms with Gasteiger partial charge in [-0.15, -0.1) is 0 Å². The van der Waals surface area contributed by atoms with Crippen molar-refractivity contribution in [3.63, 3.8) is 0 Å². The Hall–Kier alpha value is -1.11. The highest BCUT2D eigenvalue weighted by molar-refractivity contribution is 5.84. The Balaban J connectivity index is 1.82. The van der Waals surface area contributed by atoms with Crippen molar-refractivity contribution < 1.29 is 4.79 Å². The van der Waals surface area contributed by atoms with E-state index >= 15 is 0 Å². The molecule has 114 valence electrons. The van der Waals surface area contributed by atoms with E-state index in [0.29, 0.717) is 5.78 Å². The molecule has 0 saturated heterocycles. The molecule has 2 atom stereocenters. The van der Waals surface area contributed by atoms with Gasteiger partial charge in [-0.2, -0.15) is 0 Å². The lowest BCUT2D eigenvalue weighted by Gasteiger charge is -2.20.